The number of hydrogen-bond acceptors (Lipinski definition) is 1. The first kappa shape index (κ1) is 14.0. The van der Waals surface area contributed by atoms with E-state index in [1.54, 1.807) is 0 Å². The number of alkyl halides is 1. The Morgan fingerprint density at radius 2 is 1.36 bits per heavy atom. The fraction of sp³-hybridized carbons (Fsp3) is 0.833. The summed E-state index contributed by atoms with van der Waals surface area (Å²) in [5.41, 5.74) is 0. The van der Waals surface area contributed by atoms with Crippen LogP contribution in [0.25, 0.3) is 0 Å². The van der Waals surface area contributed by atoms with E-state index in [1.807, 2.05) is 6.08 Å². The standard InChI is InChI=1S/C12H23ClO/c13-11-9-7-5-3-1-2-4-6-8-10-12-14/h8,10,14H,1-7,9,11-12H2. The van der Waals surface area contributed by atoms with Crippen LogP contribution in [-0.4, -0.2) is 17.6 Å². The van der Waals surface area contributed by atoms with E-state index in [0.717, 1.165) is 12.3 Å². The number of hydrogen-bond donors (Lipinski definition) is 1. The third kappa shape index (κ3) is 12.0. The first-order chi connectivity index (χ1) is 6.91. The first-order valence-electron chi connectivity index (χ1n) is 5.73. The van der Waals surface area contributed by atoms with E-state index < -0.39 is 0 Å². The number of rotatable bonds is 10. The molecule has 0 unspecified atom stereocenters. The Morgan fingerprint density at radius 1 is 0.786 bits per heavy atom. The van der Waals surface area contributed by atoms with Gasteiger partial charge in [0.1, 0.15) is 0 Å². The summed E-state index contributed by atoms with van der Waals surface area (Å²) in [4.78, 5) is 0. The smallest absolute Gasteiger partial charge is 0.0612 e. The Kier molecular flexibility index (Phi) is 13.0. The zero-order chi connectivity index (χ0) is 10.5. The largest absolute Gasteiger partial charge is 0.392 e. The lowest BCUT2D eigenvalue weighted by Crippen LogP contribution is -1.81. The summed E-state index contributed by atoms with van der Waals surface area (Å²) in [5.74, 6) is 0.811. The Bertz CT molecular complexity index is 123. The highest BCUT2D eigenvalue weighted by Crippen LogP contribution is 2.09. The summed E-state index contributed by atoms with van der Waals surface area (Å²) in [6.45, 7) is 0.179. The molecular formula is C12H23ClO. The Hall–Kier alpha value is -0.0100. The van der Waals surface area contributed by atoms with Crippen molar-refractivity contribution < 1.29 is 5.11 Å². The summed E-state index contributed by atoms with van der Waals surface area (Å²) in [5, 5.41) is 8.49. The molecule has 0 aromatic rings. The fourth-order valence-electron chi connectivity index (χ4n) is 1.43. The number of aliphatic hydroxyl groups is 1. The molecule has 0 aromatic carbocycles. The minimum atomic E-state index is 0.179. The molecule has 0 radical (unpaired) electrons. The second-order valence-electron chi connectivity index (χ2n) is 3.61. The van der Waals surface area contributed by atoms with Gasteiger partial charge in [0.05, 0.1) is 6.61 Å². The molecular weight excluding hydrogens is 196 g/mol. The highest BCUT2D eigenvalue weighted by molar-refractivity contribution is 6.17. The quantitative estimate of drug-likeness (QED) is 0.335. The molecule has 0 amide bonds. The predicted molar refractivity (Wildman–Crippen MR) is 63.9 cm³/mol. The van der Waals surface area contributed by atoms with Crippen LogP contribution in [0.5, 0.6) is 0 Å². The minimum Gasteiger partial charge on any atom is -0.392 e. The molecule has 1 nitrogen and oxygen atoms in total. The van der Waals surface area contributed by atoms with Crippen LogP contribution in [0.4, 0.5) is 0 Å². The van der Waals surface area contributed by atoms with E-state index in [2.05, 4.69) is 6.08 Å². The Labute approximate surface area is 93.2 Å². The second kappa shape index (κ2) is 13.0. The van der Waals surface area contributed by atoms with Crippen molar-refractivity contribution in [1.29, 1.82) is 0 Å². The van der Waals surface area contributed by atoms with Crippen LogP contribution >= 0.6 is 11.6 Å². The zero-order valence-electron chi connectivity index (χ0n) is 9.05. The van der Waals surface area contributed by atoms with E-state index >= 15 is 0 Å². The van der Waals surface area contributed by atoms with Gasteiger partial charge in [-0.1, -0.05) is 44.3 Å². The number of unbranched alkanes of at least 4 members (excludes halogenated alkanes) is 7. The van der Waals surface area contributed by atoms with Gasteiger partial charge < -0.3 is 5.11 Å². The topological polar surface area (TPSA) is 20.2 Å². The maximum absolute atomic E-state index is 8.49. The summed E-state index contributed by atoms with van der Waals surface area (Å²) < 4.78 is 0. The fourth-order valence-corrected chi connectivity index (χ4v) is 1.62. The van der Waals surface area contributed by atoms with Crippen molar-refractivity contribution in [3.63, 3.8) is 0 Å². The van der Waals surface area contributed by atoms with Crippen LogP contribution in [0, 0.1) is 0 Å². The van der Waals surface area contributed by atoms with Crippen molar-refractivity contribution in [2.75, 3.05) is 12.5 Å². The first-order valence-corrected chi connectivity index (χ1v) is 6.27. The Morgan fingerprint density at radius 3 is 1.93 bits per heavy atom. The van der Waals surface area contributed by atoms with E-state index in [0.29, 0.717) is 0 Å². The zero-order valence-corrected chi connectivity index (χ0v) is 9.81. The van der Waals surface area contributed by atoms with Gasteiger partial charge in [-0.3, -0.25) is 0 Å². The molecule has 1 N–H and O–H groups in total. The molecule has 0 saturated heterocycles. The van der Waals surface area contributed by atoms with Crippen molar-refractivity contribution in [3.05, 3.63) is 12.2 Å². The minimum absolute atomic E-state index is 0.179. The average molecular weight is 219 g/mol. The SMILES string of the molecule is OCC=CCCCCCCCCCCl. The van der Waals surface area contributed by atoms with Gasteiger partial charge in [0.2, 0.25) is 0 Å². The molecule has 0 rings (SSSR count). The average Bonchev–Trinajstić information content (AvgIpc) is 2.21. The monoisotopic (exact) mass is 218 g/mol. The highest BCUT2D eigenvalue weighted by Gasteiger charge is 1.90. The third-order valence-electron chi connectivity index (χ3n) is 2.28. The van der Waals surface area contributed by atoms with Gasteiger partial charge in [-0.2, -0.15) is 0 Å². The van der Waals surface area contributed by atoms with E-state index in [1.165, 1.54) is 44.9 Å². The summed E-state index contributed by atoms with van der Waals surface area (Å²) in [7, 11) is 0. The maximum Gasteiger partial charge on any atom is 0.0612 e. The van der Waals surface area contributed by atoms with E-state index in [-0.39, 0.29) is 6.61 Å². The molecule has 0 spiro atoms. The molecule has 0 aliphatic heterocycles. The van der Waals surface area contributed by atoms with Gasteiger partial charge in [-0.05, 0) is 19.3 Å². The highest BCUT2D eigenvalue weighted by atomic mass is 35.5. The third-order valence-corrected chi connectivity index (χ3v) is 2.54. The number of allylic oxidation sites excluding steroid dienone is 1. The summed E-state index contributed by atoms with van der Waals surface area (Å²) in [6.07, 6.45) is 14.0. The van der Waals surface area contributed by atoms with Gasteiger partial charge in [0.15, 0.2) is 0 Å². The molecule has 84 valence electrons. The molecule has 0 saturated carbocycles. The van der Waals surface area contributed by atoms with Gasteiger partial charge in [-0.15, -0.1) is 11.6 Å². The van der Waals surface area contributed by atoms with Crippen LogP contribution in [0.1, 0.15) is 51.4 Å². The normalized spacial score (nSPS) is 11.3. The molecule has 0 aliphatic carbocycles. The van der Waals surface area contributed by atoms with Crippen molar-refractivity contribution in [3.8, 4) is 0 Å². The molecule has 0 aromatic heterocycles. The Balaban J connectivity index is 2.88. The van der Waals surface area contributed by atoms with Crippen LogP contribution in [0.3, 0.4) is 0 Å². The lowest BCUT2D eigenvalue weighted by molar-refractivity contribution is 0.342. The molecule has 14 heavy (non-hydrogen) atoms. The van der Waals surface area contributed by atoms with Crippen LogP contribution < -0.4 is 0 Å². The van der Waals surface area contributed by atoms with Crippen LogP contribution in [0.15, 0.2) is 12.2 Å². The van der Waals surface area contributed by atoms with Gasteiger partial charge in [0.25, 0.3) is 0 Å². The second-order valence-corrected chi connectivity index (χ2v) is 3.98. The van der Waals surface area contributed by atoms with Gasteiger partial charge in [-0.25, -0.2) is 0 Å². The van der Waals surface area contributed by atoms with Crippen molar-refractivity contribution in [1.82, 2.24) is 0 Å². The van der Waals surface area contributed by atoms with Crippen molar-refractivity contribution in [2.45, 2.75) is 51.4 Å². The molecule has 0 fully saturated rings. The lowest BCUT2D eigenvalue weighted by Gasteiger charge is -1.99. The van der Waals surface area contributed by atoms with E-state index in [9.17, 15) is 0 Å². The van der Waals surface area contributed by atoms with Crippen LogP contribution in [-0.2, 0) is 0 Å². The number of aliphatic hydroxyl groups excluding tert-OH is 1. The molecule has 0 atom stereocenters. The molecule has 0 heterocycles. The van der Waals surface area contributed by atoms with Crippen molar-refractivity contribution >= 4 is 11.6 Å². The number of halogens is 1. The summed E-state index contributed by atoms with van der Waals surface area (Å²) in [6, 6.07) is 0. The predicted octanol–water partition coefficient (Wildman–Crippen LogP) is 3.89. The van der Waals surface area contributed by atoms with Gasteiger partial charge in [0, 0.05) is 5.88 Å². The maximum atomic E-state index is 8.49. The van der Waals surface area contributed by atoms with Gasteiger partial charge >= 0.3 is 0 Å². The summed E-state index contributed by atoms with van der Waals surface area (Å²) >= 11 is 5.58. The van der Waals surface area contributed by atoms with E-state index in [4.69, 9.17) is 16.7 Å². The lowest BCUT2D eigenvalue weighted by atomic mass is 10.1. The molecule has 0 aliphatic rings. The molecule has 0 bridgehead atoms. The van der Waals surface area contributed by atoms with Crippen LogP contribution in [0.2, 0.25) is 0 Å². The molecule has 2 heteroatoms. The van der Waals surface area contributed by atoms with Crippen molar-refractivity contribution in [2.24, 2.45) is 0 Å².